The van der Waals surface area contributed by atoms with Gasteiger partial charge in [0, 0.05) is 13.0 Å². The molecule has 0 unspecified atom stereocenters. The van der Waals surface area contributed by atoms with Crippen LogP contribution in [0.15, 0.2) is 17.5 Å². The van der Waals surface area contributed by atoms with Crippen molar-refractivity contribution in [3.8, 4) is 0 Å². The maximum absolute atomic E-state index is 12.9. The summed E-state index contributed by atoms with van der Waals surface area (Å²) in [5.74, 6) is -1.90. The molecular weight excluding hydrogens is 441 g/mol. The van der Waals surface area contributed by atoms with Crippen molar-refractivity contribution < 1.29 is 24.4 Å². The van der Waals surface area contributed by atoms with E-state index in [4.69, 9.17) is 0 Å². The molecule has 5 N–H and O–H groups in total. The van der Waals surface area contributed by atoms with Crippen molar-refractivity contribution in [2.45, 2.75) is 90.5 Å². The third kappa shape index (κ3) is 12.8. The molecule has 8 nitrogen and oxygen atoms in total. The van der Waals surface area contributed by atoms with E-state index in [0.29, 0.717) is 17.7 Å². The summed E-state index contributed by atoms with van der Waals surface area (Å²) in [6.07, 6.45) is 8.24. The largest absolute Gasteiger partial charge is 0.475 e. The zero-order valence-electron chi connectivity index (χ0n) is 20.1. The second-order valence-electron chi connectivity index (χ2n) is 8.84. The van der Waals surface area contributed by atoms with Crippen LogP contribution in [0.1, 0.15) is 88.2 Å². The number of carbonyl (C=O) groups excluding carboxylic acids is 3. The Morgan fingerprint density at radius 2 is 1.70 bits per heavy atom. The Hall–Kier alpha value is -1.91. The molecule has 0 radical (unpaired) electrons. The Morgan fingerprint density at radius 3 is 2.27 bits per heavy atom. The Kier molecular flexibility index (Phi) is 14.7. The van der Waals surface area contributed by atoms with Crippen molar-refractivity contribution >= 4 is 36.2 Å². The van der Waals surface area contributed by atoms with E-state index in [2.05, 4.69) is 22.9 Å². The number of hydrogen-bond donors (Lipinski definition) is 5. The van der Waals surface area contributed by atoms with Crippen molar-refractivity contribution in [2.75, 3.05) is 6.54 Å². The molecule has 0 aliphatic heterocycles. The van der Waals surface area contributed by atoms with Gasteiger partial charge in [-0.05, 0) is 30.2 Å². The van der Waals surface area contributed by atoms with E-state index >= 15 is 0 Å². The van der Waals surface area contributed by atoms with Crippen molar-refractivity contribution in [1.82, 2.24) is 16.0 Å². The van der Waals surface area contributed by atoms with E-state index < -0.39 is 25.0 Å². The molecule has 33 heavy (non-hydrogen) atoms. The van der Waals surface area contributed by atoms with Crippen LogP contribution in [-0.4, -0.2) is 53.4 Å². The van der Waals surface area contributed by atoms with Crippen molar-refractivity contribution in [1.29, 1.82) is 0 Å². The van der Waals surface area contributed by atoms with Gasteiger partial charge < -0.3 is 26.0 Å². The summed E-state index contributed by atoms with van der Waals surface area (Å²) in [7, 11) is -1.72. The highest BCUT2D eigenvalue weighted by Gasteiger charge is 2.30. The van der Waals surface area contributed by atoms with Gasteiger partial charge in [-0.2, -0.15) is 0 Å². The molecule has 3 amide bonds. The SMILES string of the molecule is CCCCCCCCCC(=O)N[C@@H](CNC(=O)c1cccs1)C(=O)N[C@@H](CC(C)C)B(O)O. The molecule has 0 fully saturated rings. The van der Waals surface area contributed by atoms with Crippen LogP contribution in [0.5, 0.6) is 0 Å². The lowest BCUT2D eigenvalue weighted by atomic mass is 9.75. The number of hydrogen-bond acceptors (Lipinski definition) is 6. The first-order valence-electron chi connectivity index (χ1n) is 12.0. The first-order valence-corrected chi connectivity index (χ1v) is 12.9. The van der Waals surface area contributed by atoms with Gasteiger partial charge in [-0.3, -0.25) is 14.4 Å². The monoisotopic (exact) mass is 481 g/mol. The molecule has 0 saturated heterocycles. The highest BCUT2D eigenvalue weighted by atomic mass is 32.1. The molecule has 0 spiro atoms. The lowest BCUT2D eigenvalue weighted by Crippen LogP contribution is -2.57. The van der Waals surface area contributed by atoms with Crippen molar-refractivity contribution in [3.05, 3.63) is 22.4 Å². The minimum Gasteiger partial charge on any atom is -0.426 e. The van der Waals surface area contributed by atoms with Gasteiger partial charge in [0.1, 0.15) is 6.04 Å². The van der Waals surface area contributed by atoms with Crippen molar-refractivity contribution in [2.24, 2.45) is 5.92 Å². The molecule has 0 saturated carbocycles. The van der Waals surface area contributed by atoms with Gasteiger partial charge in [-0.25, -0.2) is 0 Å². The van der Waals surface area contributed by atoms with Gasteiger partial charge in [0.2, 0.25) is 11.8 Å². The van der Waals surface area contributed by atoms with Crippen LogP contribution in [0.25, 0.3) is 0 Å². The molecule has 2 atom stereocenters. The quantitative estimate of drug-likeness (QED) is 0.173. The van der Waals surface area contributed by atoms with Crippen molar-refractivity contribution in [3.63, 3.8) is 0 Å². The molecular formula is C23H40BN3O5S. The maximum atomic E-state index is 12.9. The second-order valence-corrected chi connectivity index (χ2v) is 9.78. The van der Waals surface area contributed by atoms with Gasteiger partial charge in [0.25, 0.3) is 5.91 Å². The second kappa shape index (κ2) is 16.7. The average Bonchev–Trinajstić information content (AvgIpc) is 3.30. The molecule has 0 aromatic carbocycles. The summed E-state index contributed by atoms with van der Waals surface area (Å²) >= 11 is 1.28. The molecule has 0 aliphatic rings. The van der Waals surface area contributed by atoms with E-state index in [1.165, 1.54) is 30.6 Å². The topological polar surface area (TPSA) is 128 Å². The molecule has 0 aliphatic carbocycles. The predicted molar refractivity (Wildman–Crippen MR) is 133 cm³/mol. The first-order chi connectivity index (χ1) is 15.7. The lowest BCUT2D eigenvalue weighted by Gasteiger charge is -2.24. The van der Waals surface area contributed by atoms with E-state index in [-0.39, 0.29) is 24.3 Å². The molecule has 186 valence electrons. The fraction of sp³-hybridized carbons (Fsp3) is 0.696. The zero-order chi connectivity index (χ0) is 24.6. The van der Waals surface area contributed by atoms with Crippen LogP contribution in [-0.2, 0) is 9.59 Å². The number of nitrogens with one attached hydrogen (secondary N) is 3. The molecule has 1 aromatic heterocycles. The highest BCUT2D eigenvalue weighted by Crippen LogP contribution is 2.10. The minimum atomic E-state index is -1.72. The van der Waals surface area contributed by atoms with E-state index in [1.54, 1.807) is 17.5 Å². The highest BCUT2D eigenvalue weighted by molar-refractivity contribution is 7.12. The minimum absolute atomic E-state index is 0.0960. The summed E-state index contributed by atoms with van der Waals surface area (Å²) in [6, 6.07) is 2.42. The summed E-state index contributed by atoms with van der Waals surface area (Å²) in [6.45, 7) is 5.89. The summed E-state index contributed by atoms with van der Waals surface area (Å²) in [5.41, 5.74) is 0. The number of rotatable bonds is 17. The molecule has 10 heteroatoms. The molecule has 1 heterocycles. The maximum Gasteiger partial charge on any atom is 0.475 e. The van der Waals surface area contributed by atoms with Gasteiger partial charge in [0.05, 0.1) is 10.8 Å². The first kappa shape index (κ1) is 29.1. The predicted octanol–water partition coefficient (Wildman–Crippen LogP) is 2.65. The van der Waals surface area contributed by atoms with Crippen LogP contribution in [0.4, 0.5) is 0 Å². The third-order valence-electron chi connectivity index (χ3n) is 5.28. The van der Waals surface area contributed by atoms with Crippen LogP contribution >= 0.6 is 11.3 Å². The van der Waals surface area contributed by atoms with E-state index in [1.807, 2.05) is 13.8 Å². The Bertz CT molecular complexity index is 700. The standard InChI is InChI=1S/C23H40BN3O5S/c1-4-5-6-7-8-9-10-13-21(28)26-18(16-25-23(30)19-12-11-14-33-19)22(29)27-20(24(31)32)15-17(2)3/h11-12,14,17-18,20,31-32H,4-10,13,15-16H2,1-3H3,(H,25,30)(H,26,28)(H,27,29)/t18-,20-/m0/s1. The molecule has 0 bridgehead atoms. The number of unbranched alkanes of at least 4 members (excludes halogenated alkanes) is 6. The number of thiophene rings is 1. The van der Waals surface area contributed by atoms with Crippen LogP contribution in [0, 0.1) is 5.92 Å². The number of amides is 3. The fourth-order valence-corrected chi connectivity index (χ4v) is 4.09. The van der Waals surface area contributed by atoms with Gasteiger partial charge in [-0.1, -0.05) is 65.4 Å². The zero-order valence-corrected chi connectivity index (χ0v) is 21.0. The van der Waals surface area contributed by atoms with E-state index in [9.17, 15) is 24.4 Å². The Labute approximate surface area is 202 Å². The van der Waals surface area contributed by atoms with Gasteiger partial charge in [-0.15, -0.1) is 11.3 Å². The van der Waals surface area contributed by atoms with Crippen LogP contribution in [0.2, 0.25) is 0 Å². The molecule has 1 rings (SSSR count). The summed E-state index contributed by atoms with van der Waals surface area (Å²) < 4.78 is 0. The average molecular weight is 481 g/mol. The van der Waals surface area contributed by atoms with E-state index in [0.717, 1.165) is 25.7 Å². The summed E-state index contributed by atoms with van der Waals surface area (Å²) in [5, 5.41) is 29.0. The van der Waals surface area contributed by atoms with Crippen LogP contribution < -0.4 is 16.0 Å². The molecule has 1 aromatic rings. The Morgan fingerprint density at radius 1 is 1.03 bits per heavy atom. The van der Waals surface area contributed by atoms with Crippen LogP contribution in [0.3, 0.4) is 0 Å². The third-order valence-corrected chi connectivity index (χ3v) is 6.15. The normalized spacial score (nSPS) is 12.8. The van der Waals surface area contributed by atoms with Gasteiger partial charge >= 0.3 is 7.12 Å². The number of carbonyl (C=O) groups is 3. The lowest BCUT2D eigenvalue weighted by molar-refractivity contribution is -0.129. The fourth-order valence-electron chi connectivity index (χ4n) is 3.45. The Balaban J connectivity index is 2.64. The van der Waals surface area contributed by atoms with Gasteiger partial charge in [0.15, 0.2) is 0 Å². The summed E-state index contributed by atoms with van der Waals surface area (Å²) in [4.78, 5) is 38.1. The smallest absolute Gasteiger partial charge is 0.426 e.